The monoisotopic (exact) mass is 311 g/mol. The summed E-state index contributed by atoms with van der Waals surface area (Å²) in [7, 11) is 0. The molecule has 0 atom stereocenters. The number of benzene rings is 1. The Hall–Kier alpha value is -0.770. The Bertz CT molecular complexity index is 451. The molecule has 3 nitrogen and oxygen atoms in total. The van der Waals surface area contributed by atoms with Gasteiger partial charge >= 0.3 is 0 Å². The van der Waals surface area contributed by atoms with E-state index in [1.807, 2.05) is 18.2 Å². The molecule has 0 aliphatic carbocycles. The quantitative estimate of drug-likeness (QED) is 0.773. The van der Waals surface area contributed by atoms with Crippen molar-refractivity contribution in [3.63, 3.8) is 0 Å². The molecular formula is C17H26ClNO2. The van der Waals surface area contributed by atoms with Crippen LogP contribution in [0.3, 0.4) is 0 Å². The van der Waals surface area contributed by atoms with Crippen molar-refractivity contribution in [2.45, 2.75) is 32.6 Å². The zero-order chi connectivity index (χ0) is 15.3. The van der Waals surface area contributed by atoms with Crippen molar-refractivity contribution in [1.29, 1.82) is 0 Å². The van der Waals surface area contributed by atoms with Gasteiger partial charge < -0.3 is 9.47 Å². The van der Waals surface area contributed by atoms with E-state index < -0.39 is 0 Å². The minimum atomic E-state index is 0.0322. The SMILES string of the molecule is CC(C)(C)c1cc(Cl)ccc1OCCCN1CCOCC1. The first-order valence-electron chi connectivity index (χ1n) is 7.70. The van der Waals surface area contributed by atoms with Crippen molar-refractivity contribution >= 4 is 11.6 Å². The van der Waals surface area contributed by atoms with Crippen LogP contribution in [0.4, 0.5) is 0 Å². The smallest absolute Gasteiger partial charge is 0.123 e. The van der Waals surface area contributed by atoms with Crippen LogP contribution in [0.1, 0.15) is 32.8 Å². The fraction of sp³-hybridized carbons (Fsp3) is 0.647. The van der Waals surface area contributed by atoms with Crippen LogP contribution in [-0.2, 0) is 10.2 Å². The number of hydrogen-bond acceptors (Lipinski definition) is 3. The van der Waals surface area contributed by atoms with Gasteiger partial charge in [-0.15, -0.1) is 0 Å². The third-order valence-corrected chi connectivity index (χ3v) is 3.96. The lowest BCUT2D eigenvalue weighted by Crippen LogP contribution is -2.37. The molecule has 4 heteroatoms. The van der Waals surface area contributed by atoms with E-state index in [1.165, 1.54) is 5.56 Å². The molecule has 0 saturated carbocycles. The molecule has 21 heavy (non-hydrogen) atoms. The first-order chi connectivity index (χ1) is 9.97. The normalized spacial score (nSPS) is 17.0. The van der Waals surface area contributed by atoms with Crippen LogP contribution in [0.25, 0.3) is 0 Å². The van der Waals surface area contributed by atoms with Crippen molar-refractivity contribution in [2.75, 3.05) is 39.5 Å². The summed E-state index contributed by atoms with van der Waals surface area (Å²) in [5, 5.41) is 0.764. The Balaban J connectivity index is 1.85. The summed E-state index contributed by atoms with van der Waals surface area (Å²) in [6.45, 7) is 12.1. The lowest BCUT2D eigenvalue weighted by atomic mass is 9.86. The van der Waals surface area contributed by atoms with Crippen LogP contribution in [-0.4, -0.2) is 44.4 Å². The Labute approximate surface area is 133 Å². The van der Waals surface area contributed by atoms with Gasteiger partial charge in [-0.25, -0.2) is 0 Å². The van der Waals surface area contributed by atoms with Crippen molar-refractivity contribution in [3.8, 4) is 5.75 Å². The maximum Gasteiger partial charge on any atom is 0.123 e. The van der Waals surface area contributed by atoms with Crippen LogP contribution in [0.5, 0.6) is 5.75 Å². The maximum absolute atomic E-state index is 6.11. The summed E-state index contributed by atoms with van der Waals surface area (Å²) in [5.74, 6) is 0.953. The van der Waals surface area contributed by atoms with E-state index in [1.54, 1.807) is 0 Å². The highest BCUT2D eigenvalue weighted by Crippen LogP contribution is 2.33. The summed E-state index contributed by atoms with van der Waals surface area (Å²) < 4.78 is 11.3. The Kier molecular flexibility index (Phi) is 5.91. The number of ether oxygens (including phenoxy) is 2. The number of hydrogen-bond donors (Lipinski definition) is 0. The summed E-state index contributed by atoms with van der Waals surface area (Å²) in [6, 6.07) is 5.89. The van der Waals surface area contributed by atoms with E-state index in [0.717, 1.165) is 56.6 Å². The van der Waals surface area contributed by atoms with Gasteiger partial charge in [0.15, 0.2) is 0 Å². The molecule has 0 unspecified atom stereocenters. The van der Waals surface area contributed by atoms with Crippen LogP contribution < -0.4 is 4.74 Å². The van der Waals surface area contributed by atoms with E-state index in [4.69, 9.17) is 21.1 Å². The van der Waals surface area contributed by atoms with E-state index >= 15 is 0 Å². The van der Waals surface area contributed by atoms with E-state index in [2.05, 4.69) is 25.7 Å². The van der Waals surface area contributed by atoms with Crippen LogP contribution in [0.2, 0.25) is 5.02 Å². The third kappa shape index (κ3) is 5.17. The molecule has 0 radical (unpaired) electrons. The van der Waals surface area contributed by atoms with Gasteiger partial charge in [-0.05, 0) is 30.0 Å². The van der Waals surface area contributed by atoms with Crippen LogP contribution in [0, 0.1) is 0 Å². The molecule has 1 fully saturated rings. The van der Waals surface area contributed by atoms with E-state index in [0.29, 0.717) is 0 Å². The molecule has 1 saturated heterocycles. The minimum absolute atomic E-state index is 0.0322. The average Bonchev–Trinajstić information content (AvgIpc) is 2.45. The first kappa shape index (κ1) is 16.6. The van der Waals surface area contributed by atoms with Gasteiger partial charge in [-0.1, -0.05) is 32.4 Å². The molecule has 0 N–H and O–H groups in total. The standard InChI is InChI=1S/C17H26ClNO2/c1-17(2,3)15-13-14(18)5-6-16(15)21-10-4-7-19-8-11-20-12-9-19/h5-6,13H,4,7-12H2,1-3H3. The summed E-state index contributed by atoms with van der Waals surface area (Å²) >= 11 is 6.11. The fourth-order valence-corrected chi connectivity index (χ4v) is 2.68. The molecule has 0 bridgehead atoms. The second-order valence-corrected chi connectivity index (χ2v) is 6.98. The molecule has 0 aromatic heterocycles. The van der Waals surface area contributed by atoms with Crippen LogP contribution in [0.15, 0.2) is 18.2 Å². The second-order valence-electron chi connectivity index (χ2n) is 6.55. The molecule has 1 aliphatic heterocycles. The zero-order valence-electron chi connectivity index (χ0n) is 13.3. The second kappa shape index (κ2) is 7.48. The summed E-state index contributed by atoms with van der Waals surface area (Å²) in [6.07, 6.45) is 1.03. The molecule has 1 aromatic rings. The molecule has 1 aromatic carbocycles. The van der Waals surface area contributed by atoms with Gasteiger partial charge in [0.2, 0.25) is 0 Å². The van der Waals surface area contributed by atoms with Gasteiger partial charge in [-0.3, -0.25) is 4.90 Å². The van der Waals surface area contributed by atoms with Crippen molar-refractivity contribution < 1.29 is 9.47 Å². The predicted molar refractivity (Wildman–Crippen MR) is 87.5 cm³/mol. The number of halogens is 1. The zero-order valence-corrected chi connectivity index (χ0v) is 14.1. The number of rotatable bonds is 5. The third-order valence-electron chi connectivity index (χ3n) is 3.73. The maximum atomic E-state index is 6.11. The summed E-state index contributed by atoms with van der Waals surface area (Å²) in [4.78, 5) is 2.43. The Morgan fingerprint density at radius 1 is 1.24 bits per heavy atom. The number of nitrogens with zero attached hydrogens (tertiary/aromatic N) is 1. The Morgan fingerprint density at radius 3 is 2.62 bits per heavy atom. The molecule has 1 heterocycles. The summed E-state index contributed by atoms with van der Waals surface area (Å²) in [5.41, 5.74) is 1.20. The highest BCUT2D eigenvalue weighted by Gasteiger charge is 2.19. The topological polar surface area (TPSA) is 21.7 Å². The van der Waals surface area contributed by atoms with Gasteiger partial charge in [-0.2, -0.15) is 0 Å². The van der Waals surface area contributed by atoms with Gasteiger partial charge in [0.1, 0.15) is 5.75 Å². The van der Waals surface area contributed by atoms with Gasteiger partial charge in [0.05, 0.1) is 19.8 Å². The van der Waals surface area contributed by atoms with Gasteiger partial charge in [0, 0.05) is 30.2 Å². The molecule has 1 aliphatic rings. The van der Waals surface area contributed by atoms with Crippen LogP contribution >= 0.6 is 11.6 Å². The number of morpholine rings is 1. The van der Waals surface area contributed by atoms with Crippen molar-refractivity contribution in [1.82, 2.24) is 4.90 Å². The average molecular weight is 312 g/mol. The fourth-order valence-electron chi connectivity index (χ4n) is 2.51. The van der Waals surface area contributed by atoms with Crippen molar-refractivity contribution in [3.05, 3.63) is 28.8 Å². The Morgan fingerprint density at radius 2 is 1.95 bits per heavy atom. The lowest BCUT2D eigenvalue weighted by molar-refractivity contribution is 0.0357. The first-order valence-corrected chi connectivity index (χ1v) is 8.07. The van der Waals surface area contributed by atoms with Gasteiger partial charge in [0.25, 0.3) is 0 Å². The molecular weight excluding hydrogens is 286 g/mol. The van der Waals surface area contributed by atoms with E-state index in [9.17, 15) is 0 Å². The molecule has 0 amide bonds. The largest absolute Gasteiger partial charge is 0.493 e. The highest BCUT2D eigenvalue weighted by molar-refractivity contribution is 6.30. The minimum Gasteiger partial charge on any atom is -0.493 e. The van der Waals surface area contributed by atoms with E-state index in [-0.39, 0.29) is 5.41 Å². The predicted octanol–water partition coefficient (Wildman–Crippen LogP) is 3.74. The molecule has 0 spiro atoms. The molecule has 118 valence electrons. The molecule has 2 rings (SSSR count). The van der Waals surface area contributed by atoms with Crippen molar-refractivity contribution in [2.24, 2.45) is 0 Å². The lowest BCUT2D eigenvalue weighted by Gasteiger charge is -2.27. The highest BCUT2D eigenvalue weighted by atomic mass is 35.5.